The summed E-state index contributed by atoms with van der Waals surface area (Å²) in [6.45, 7) is 0. The number of aliphatic carboxylic acids is 1. The third kappa shape index (κ3) is 4.53. The molecule has 2 aromatic rings. The van der Waals surface area contributed by atoms with E-state index in [0.29, 0.717) is 29.6 Å². The first-order chi connectivity index (χ1) is 11.4. The Morgan fingerprint density at radius 1 is 1.12 bits per heavy atom. The molecule has 1 aromatic carbocycles. The molecule has 1 amide bonds. The minimum Gasteiger partial charge on any atom is -0.481 e. The van der Waals surface area contributed by atoms with Crippen molar-refractivity contribution in [1.29, 1.82) is 0 Å². The predicted molar refractivity (Wildman–Crippen MR) is 91.1 cm³/mol. The fourth-order valence-corrected chi connectivity index (χ4v) is 2.33. The Labute approximate surface area is 139 Å². The van der Waals surface area contributed by atoms with Gasteiger partial charge in [-0.2, -0.15) is 0 Å². The number of carbonyl (C=O) groups is 2. The zero-order valence-corrected chi connectivity index (χ0v) is 13.3. The van der Waals surface area contributed by atoms with Gasteiger partial charge in [0.05, 0.1) is 5.52 Å². The molecule has 2 rings (SSSR count). The molecule has 0 aliphatic rings. The Morgan fingerprint density at radius 2 is 1.83 bits per heavy atom. The van der Waals surface area contributed by atoms with Gasteiger partial charge in [0.25, 0.3) is 0 Å². The van der Waals surface area contributed by atoms with Gasteiger partial charge in [0.15, 0.2) is 0 Å². The lowest BCUT2D eigenvalue weighted by Gasteiger charge is -2.17. The van der Waals surface area contributed by atoms with Crippen molar-refractivity contribution in [3.8, 4) is 0 Å². The smallest absolute Gasteiger partial charge is 0.481 e. The number of anilines is 1. The topological polar surface area (TPSA) is 111 Å². The average Bonchev–Trinajstić information content (AvgIpc) is 2.56. The number of carbonyl (C=O) groups excluding carboxylic acids is 1. The van der Waals surface area contributed by atoms with Gasteiger partial charge < -0.3 is 15.2 Å². The van der Waals surface area contributed by atoms with Gasteiger partial charge >= 0.3 is 13.1 Å². The summed E-state index contributed by atoms with van der Waals surface area (Å²) in [5.74, 6) is -0.503. The first-order valence-electron chi connectivity index (χ1n) is 7.63. The van der Waals surface area contributed by atoms with Crippen LogP contribution in [0.15, 0.2) is 30.3 Å². The second kappa shape index (κ2) is 7.89. The standard InChI is InChI=1S/C16H19BN2O5/c1-19(15(20)4-2-3-5-16(21)22)14-9-6-11-10-12(17(23)24)7-8-13(11)18-14/h6-10,23-24H,2-5H2,1H3,(H,21,22). The molecule has 0 spiro atoms. The molecule has 0 radical (unpaired) electrons. The lowest BCUT2D eigenvalue weighted by molar-refractivity contribution is -0.137. The molecule has 3 N–H and O–H groups in total. The van der Waals surface area contributed by atoms with Crippen LogP contribution in [-0.4, -0.2) is 46.2 Å². The van der Waals surface area contributed by atoms with Gasteiger partial charge in [-0.25, -0.2) is 4.98 Å². The van der Waals surface area contributed by atoms with Crippen molar-refractivity contribution in [2.45, 2.75) is 25.7 Å². The van der Waals surface area contributed by atoms with Gasteiger partial charge in [-0.15, -0.1) is 0 Å². The van der Waals surface area contributed by atoms with E-state index in [1.807, 2.05) is 0 Å². The summed E-state index contributed by atoms with van der Waals surface area (Å²) in [4.78, 5) is 28.4. The predicted octanol–water partition coefficient (Wildman–Crippen LogP) is 0.522. The Morgan fingerprint density at radius 3 is 2.50 bits per heavy atom. The molecule has 8 heteroatoms. The van der Waals surface area contributed by atoms with Crippen molar-refractivity contribution in [2.24, 2.45) is 0 Å². The molecular weight excluding hydrogens is 311 g/mol. The third-order valence-corrected chi connectivity index (χ3v) is 3.75. The lowest BCUT2D eigenvalue weighted by Crippen LogP contribution is -2.29. The quantitative estimate of drug-likeness (QED) is 0.504. The van der Waals surface area contributed by atoms with Crippen LogP contribution >= 0.6 is 0 Å². The van der Waals surface area contributed by atoms with Crippen molar-refractivity contribution in [2.75, 3.05) is 11.9 Å². The van der Waals surface area contributed by atoms with E-state index >= 15 is 0 Å². The van der Waals surface area contributed by atoms with E-state index in [9.17, 15) is 19.6 Å². The Kier molecular flexibility index (Phi) is 5.89. The van der Waals surface area contributed by atoms with Crippen LogP contribution < -0.4 is 10.4 Å². The molecule has 7 nitrogen and oxygen atoms in total. The molecule has 0 fully saturated rings. The largest absolute Gasteiger partial charge is 0.488 e. The van der Waals surface area contributed by atoms with Gasteiger partial charge in [0.1, 0.15) is 5.82 Å². The summed E-state index contributed by atoms with van der Waals surface area (Å²) in [7, 11) is 0.0867. The highest BCUT2D eigenvalue weighted by Crippen LogP contribution is 2.17. The molecule has 0 atom stereocenters. The van der Waals surface area contributed by atoms with Crippen LogP contribution in [0, 0.1) is 0 Å². The third-order valence-electron chi connectivity index (χ3n) is 3.75. The minimum atomic E-state index is -1.54. The monoisotopic (exact) mass is 330 g/mol. The number of aromatic nitrogens is 1. The maximum atomic E-state index is 12.1. The molecule has 0 saturated heterocycles. The van der Waals surface area contributed by atoms with Crippen LogP contribution in [0.5, 0.6) is 0 Å². The SMILES string of the molecule is CN(C(=O)CCCCC(=O)O)c1ccc2cc(B(O)O)ccc2n1. The Bertz CT molecular complexity index is 750. The first-order valence-corrected chi connectivity index (χ1v) is 7.63. The normalized spacial score (nSPS) is 10.6. The molecule has 0 aliphatic heterocycles. The second-order valence-corrected chi connectivity index (χ2v) is 5.55. The summed E-state index contributed by atoms with van der Waals surface area (Å²) >= 11 is 0. The number of hydrogen-bond donors (Lipinski definition) is 3. The fraction of sp³-hybridized carbons (Fsp3) is 0.312. The van der Waals surface area contributed by atoms with Gasteiger partial charge in [-0.3, -0.25) is 14.5 Å². The van der Waals surface area contributed by atoms with Crippen LogP contribution in [0.4, 0.5) is 5.82 Å². The van der Waals surface area contributed by atoms with E-state index in [1.54, 1.807) is 37.4 Å². The number of nitrogens with zero attached hydrogens (tertiary/aromatic N) is 2. The van der Waals surface area contributed by atoms with Crippen molar-refractivity contribution < 1.29 is 24.7 Å². The number of fused-ring (bicyclic) bond motifs is 1. The van der Waals surface area contributed by atoms with Gasteiger partial charge in [-0.1, -0.05) is 12.1 Å². The number of amides is 1. The summed E-state index contributed by atoms with van der Waals surface area (Å²) in [5, 5.41) is 27.7. The average molecular weight is 330 g/mol. The first kappa shape index (κ1) is 17.9. The van der Waals surface area contributed by atoms with E-state index in [-0.39, 0.29) is 18.7 Å². The molecule has 0 bridgehead atoms. The van der Waals surface area contributed by atoms with Crippen LogP contribution in [0.3, 0.4) is 0 Å². The van der Waals surface area contributed by atoms with E-state index in [1.165, 1.54) is 4.90 Å². The van der Waals surface area contributed by atoms with Gasteiger partial charge in [-0.05, 0) is 41.9 Å². The Balaban J connectivity index is 2.06. The fourth-order valence-electron chi connectivity index (χ4n) is 2.33. The lowest BCUT2D eigenvalue weighted by atomic mass is 9.80. The van der Waals surface area contributed by atoms with E-state index in [2.05, 4.69) is 4.98 Å². The molecule has 24 heavy (non-hydrogen) atoms. The summed E-state index contributed by atoms with van der Waals surface area (Å²) in [6.07, 6.45) is 1.30. The number of rotatable bonds is 7. The zero-order valence-electron chi connectivity index (χ0n) is 13.3. The van der Waals surface area contributed by atoms with Gasteiger partial charge in [0, 0.05) is 19.9 Å². The highest BCUT2D eigenvalue weighted by atomic mass is 16.4. The highest BCUT2D eigenvalue weighted by Gasteiger charge is 2.14. The zero-order chi connectivity index (χ0) is 17.7. The van der Waals surface area contributed by atoms with Crippen LogP contribution in [0.2, 0.25) is 0 Å². The molecule has 0 unspecified atom stereocenters. The second-order valence-electron chi connectivity index (χ2n) is 5.55. The number of pyridine rings is 1. The van der Waals surface area contributed by atoms with Crippen molar-refractivity contribution in [3.05, 3.63) is 30.3 Å². The van der Waals surface area contributed by atoms with Crippen LogP contribution in [0.25, 0.3) is 10.9 Å². The summed E-state index contributed by atoms with van der Waals surface area (Å²) in [6, 6.07) is 8.31. The Hall–Kier alpha value is -2.45. The van der Waals surface area contributed by atoms with E-state index in [4.69, 9.17) is 5.11 Å². The maximum Gasteiger partial charge on any atom is 0.488 e. The van der Waals surface area contributed by atoms with E-state index < -0.39 is 13.1 Å². The van der Waals surface area contributed by atoms with Crippen molar-refractivity contribution >= 4 is 41.2 Å². The number of hydrogen-bond acceptors (Lipinski definition) is 5. The van der Waals surface area contributed by atoms with Crippen molar-refractivity contribution in [1.82, 2.24) is 4.98 Å². The summed E-state index contributed by atoms with van der Waals surface area (Å²) in [5.41, 5.74) is 1.02. The van der Waals surface area contributed by atoms with Gasteiger partial charge in [0.2, 0.25) is 5.91 Å². The summed E-state index contributed by atoms with van der Waals surface area (Å²) < 4.78 is 0. The van der Waals surface area contributed by atoms with Crippen LogP contribution in [-0.2, 0) is 9.59 Å². The molecular formula is C16H19BN2O5. The molecule has 0 aliphatic carbocycles. The number of carboxylic acids is 1. The minimum absolute atomic E-state index is 0.0598. The van der Waals surface area contributed by atoms with E-state index in [0.717, 1.165) is 5.39 Å². The van der Waals surface area contributed by atoms with Crippen molar-refractivity contribution in [3.63, 3.8) is 0 Å². The van der Waals surface area contributed by atoms with Crippen LogP contribution in [0.1, 0.15) is 25.7 Å². The number of carboxylic acid groups (broad SMARTS) is 1. The molecule has 1 heterocycles. The molecule has 126 valence electrons. The number of benzene rings is 1. The molecule has 0 saturated carbocycles. The maximum absolute atomic E-state index is 12.1. The highest BCUT2D eigenvalue weighted by molar-refractivity contribution is 6.58. The molecule has 1 aromatic heterocycles. The number of unbranched alkanes of at least 4 members (excludes halogenated alkanes) is 1.